The van der Waals surface area contributed by atoms with Crippen LogP contribution in [0.25, 0.3) is 0 Å². The first-order chi connectivity index (χ1) is 15.4. The van der Waals surface area contributed by atoms with Gasteiger partial charge in [-0.2, -0.15) is 0 Å². The average Bonchev–Trinajstić information content (AvgIpc) is 2.79. The fraction of sp³-hybridized carbons (Fsp3) is 0.542. The maximum Gasteiger partial charge on any atom is 0.208 e. The minimum absolute atomic E-state index is 0.0512. The van der Waals surface area contributed by atoms with Gasteiger partial charge in [-0.3, -0.25) is 0 Å². The summed E-state index contributed by atoms with van der Waals surface area (Å²) in [4.78, 5) is 6.66. The van der Waals surface area contributed by atoms with E-state index in [4.69, 9.17) is 4.74 Å². The highest BCUT2D eigenvalue weighted by atomic mass is 32.2. The van der Waals surface area contributed by atoms with Crippen molar-refractivity contribution in [1.82, 2.24) is 9.71 Å². The number of aromatic nitrogens is 1. The molecule has 1 unspecified atom stereocenters. The third-order valence-corrected chi connectivity index (χ3v) is 7.37. The summed E-state index contributed by atoms with van der Waals surface area (Å²) in [6.07, 6.45) is 7.85. The largest absolute Gasteiger partial charge is 0.378 e. The predicted octanol–water partition coefficient (Wildman–Crippen LogP) is 3.71. The zero-order chi connectivity index (χ0) is 22.6. The zero-order valence-electron chi connectivity index (χ0n) is 18.5. The molecule has 1 aliphatic carbocycles. The molecule has 1 N–H and O–H groups in total. The molecule has 2 fully saturated rings. The molecule has 1 aliphatic heterocycles. The molecule has 1 aromatic carbocycles. The van der Waals surface area contributed by atoms with Gasteiger partial charge < -0.3 is 9.64 Å². The Balaban J connectivity index is 1.34. The molecule has 6 nitrogen and oxygen atoms in total. The summed E-state index contributed by atoms with van der Waals surface area (Å²) in [6.45, 7) is 1.97. The van der Waals surface area contributed by atoms with E-state index in [1.54, 1.807) is 6.20 Å². The first-order valence-corrected chi connectivity index (χ1v) is 13.3. The summed E-state index contributed by atoms with van der Waals surface area (Å²) < 4.78 is 46.1. The van der Waals surface area contributed by atoms with E-state index >= 15 is 0 Å². The Hall–Kier alpha value is -2.03. The van der Waals surface area contributed by atoms with E-state index in [0.717, 1.165) is 44.5 Å². The van der Waals surface area contributed by atoms with Crippen molar-refractivity contribution < 1.29 is 17.5 Å². The Bertz CT molecular complexity index is 964. The van der Waals surface area contributed by atoms with E-state index in [0.29, 0.717) is 19.1 Å². The van der Waals surface area contributed by atoms with E-state index in [2.05, 4.69) is 14.6 Å². The van der Waals surface area contributed by atoms with Crippen molar-refractivity contribution in [2.24, 2.45) is 5.92 Å². The van der Waals surface area contributed by atoms with Gasteiger partial charge in [0.1, 0.15) is 11.6 Å². The molecule has 0 amide bonds. The molecule has 2 aromatic rings. The molecule has 2 heterocycles. The standard InChI is InChI=1S/C24H32FN3O3S/c1-32(29,30)27-23-13-15-28(24-4-2-3-14-26-24)16-20(23)17-31-22-11-7-19(8-12-22)18-5-9-21(25)10-6-18/h2-6,9-10,14,19-20,22-23,27H,7-8,11-13,15-17H2,1H3/t19?,20-,22?,23?/m0/s1. The molecule has 2 aliphatic rings. The molecule has 1 saturated heterocycles. The monoisotopic (exact) mass is 461 g/mol. The Morgan fingerprint density at radius 3 is 2.50 bits per heavy atom. The minimum atomic E-state index is -3.29. The van der Waals surface area contributed by atoms with E-state index in [9.17, 15) is 12.8 Å². The molecular formula is C24H32FN3O3S. The van der Waals surface area contributed by atoms with Crippen molar-refractivity contribution in [3.8, 4) is 0 Å². The second-order valence-corrected chi connectivity index (χ2v) is 10.8. The van der Waals surface area contributed by atoms with Crippen LogP contribution in [0.2, 0.25) is 0 Å². The van der Waals surface area contributed by atoms with Crippen LogP contribution in [0.4, 0.5) is 10.2 Å². The summed E-state index contributed by atoms with van der Waals surface area (Å²) in [6, 6.07) is 12.5. The number of piperidine rings is 1. The van der Waals surface area contributed by atoms with Crippen molar-refractivity contribution in [3.63, 3.8) is 0 Å². The molecule has 8 heteroatoms. The molecular weight excluding hydrogens is 429 g/mol. The third-order valence-electron chi connectivity index (χ3n) is 6.63. The van der Waals surface area contributed by atoms with Gasteiger partial charge in [0.05, 0.1) is 19.0 Å². The van der Waals surface area contributed by atoms with Gasteiger partial charge in [-0.15, -0.1) is 0 Å². The summed E-state index contributed by atoms with van der Waals surface area (Å²) in [5, 5.41) is 0. The third kappa shape index (κ3) is 6.27. The van der Waals surface area contributed by atoms with E-state index in [1.807, 2.05) is 30.3 Å². The normalized spacial score (nSPS) is 26.8. The maximum absolute atomic E-state index is 13.2. The molecule has 0 bridgehead atoms. The number of nitrogens with one attached hydrogen (secondary N) is 1. The van der Waals surface area contributed by atoms with Crippen LogP contribution in [-0.2, 0) is 14.8 Å². The van der Waals surface area contributed by atoms with Crippen LogP contribution in [0.1, 0.15) is 43.6 Å². The minimum Gasteiger partial charge on any atom is -0.378 e. The number of nitrogens with zero attached hydrogens (tertiary/aromatic N) is 2. The Morgan fingerprint density at radius 2 is 1.84 bits per heavy atom. The molecule has 2 atom stereocenters. The maximum atomic E-state index is 13.2. The van der Waals surface area contributed by atoms with Crippen LogP contribution in [0.3, 0.4) is 0 Å². The number of hydrogen-bond acceptors (Lipinski definition) is 5. The second kappa shape index (κ2) is 10.3. The predicted molar refractivity (Wildman–Crippen MR) is 124 cm³/mol. The number of benzene rings is 1. The highest BCUT2D eigenvalue weighted by Crippen LogP contribution is 2.34. The smallest absolute Gasteiger partial charge is 0.208 e. The molecule has 0 spiro atoms. The van der Waals surface area contributed by atoms with Gasteiger partial charge in [-0.25, -0.2) is 22.5 Å². The lowest BCUT2D eigenvalue weighted by Crippen LogP contribution is -2.52. The van der Waals surface area contributed by atoms with E-state index < -0.39 is 10.0 Å². The number of hydrogen-bond donors (Lipinski definition) is 1. The number of rotatable bonds is 7. The van der Waals surface area contributed by atoms with Crippen LogP contribution in [-0.4, -0.2) is 51.5 Å². The van der Waals surface area contributed by atoms with Crippen LogP contribution < -0.4 is 9.62 Å². The summed E-state index contributed by atoms with van der Waals surface area (Å²) in [7, 11) is -3.29. The molecule has 32 heavy (non-hydrogen) atoms. The molecule has 0 radical (unpaired) electrons. The highest BCUT2D eigenvalue weighted by molar-refractivity contribution is 7.88. The van der Waals surface area contributed by atoms with Crippen molar-refractivity contribution in [2.45, 2.75) is 50.2 Å². The van der Waals surface area contributed by atoms with Gasteiger partial charge in [0.2, 0.25) is 10.0 Å². The lowest BCUT2D eigenvalue weighted by atomic mass is 9.82. The summed E-state index contributed by atoms with van der Waals surface area (Å²) in [5.74, 6) is 1.21. The lowest BCUT2D eigenvalue weighted by molar-refractivity contribution is -0.00214. The number of halogens is 1. The lowest BCUT2D eigenvalue weighted by Gasteiger charge is -2.40. The first kappa shape index (κ1) is 23.1. The SMILES string of the molecule is CS(=O)(=O)NC1CCN(c2ccccn2)C[C@H]1COC1CCC(c2ccc(F)cc2)CC1. The van der Waals surface area contributed by atoms with Gasteiger partial charge in [-0.1, -0.05) is 18.2 Å². The molecule has 4 rings (SSSR count). The quantitative estimate of drug-likeness (QED) is 0.681. The van der Waals surface area contributed by atoms with Crippen molar-refractivity contribution >= 4 is 15.8 Å². The number of sulfonamides is 1. The van der Waals surface area contributed by atoms with Crippen molar-refractivity contribution in [2.75, 3.05) is 30.9 Å². The second-order valence-electron chi connectivity index (χ2n) is 9.04. The molecule has 1 aromatic heterocycles. The highest BCUT2D eigenvalue weighted by Gasteiger charge is 2.33. The van der Waals surface area contributed by atoms with Gasteiger partial charge in [0, 0.05) is 31.2 Å². The first-order valence-electron chi connectivity index (χ1n) is 11.4. The molecule has 1 saturated carbocycles. The fourth-order valence-corrected chi connectivity index (χ4v) is 5.80. The number of pyridine rings is 1. The zero-order valence-corrected chi connectivity index (χ0v) is 19.3. The molecule has 174 valence electrons. The van der Waals surface area contributed by atoms with Crippen LogP contribution >= 0.6 is 0 Å². The van der Waals surface area contributed by atoms with Crippen molar-refractivity contribution in [3.05, 3.63) is 60.0 Å². The topological polar surface area (TPSA) is 71.5 Å². The summed E-state index contributed by atoms with van der Waals surface area (Å²) in [5.41, 5.74) is 1.19. The van der Waals surface area contributed by atoms with Gasteiger partial charge in [0.25, 0.3) is 0 Å². The van der Waals surface area contributed by atoms with E-state index in [1.165, 1.54) is 24.0 Å². The Kier molecular flexibility index (Phi) is 7.43. The van der Waals surface area contributed by atoms with E-state index in [-0.39, 0.29) is 23.9 Å². The van der Waals surface area contributed by atoms with Crippen LogP contribution in [0.15, 0.2) is 48.7 Å². The van der Waals surface area contributed by atoms with Gasteiger partial charge >= 0.3 is 0 Å². The van der Waals surface area contributed by atoms with Gasteiger partial charge in [0.15, 0.2) is 0 Å². The Labute approximate surface area is 190 Å². The number of ether oxygens (including phenoxy) is 1. The van der Waals surface area contributed by atoms with Crippen molar-refractivity contribution in [1.29, 1.82) is 0 Å². The van der Waals surface area contributed by atoms with Crippen LogP contribution in [0, 0.1) is 11.7 Å². The average molecular weight is 462 g/mol. The summed E-state index contributed by atoms with van der Waals surface area (Å²) >= 11 is 0. The van der Waals surface area contributed by atoms with Crippen LogP contribution in [0.5, 0.6) is 0 Å². The Morgan fingerprint density at radius 1 is 1.09 bits per heavy atom. The fourth-order valence-electron chi connectivity index (χ4n) is 4.94. The number of anilines is 1. The van der Waals surface area contributed by atoms with Gasteiger partial charge in [-0.05, 0) is 67.9 Å².